The van der Waals surface area contributed by atoms with Crippen LogP contribution in [0, 0.1) is 6.92 Å². The Morgan fingerprint density at radius 1 is 1.05 bits per heavy atom. The first-order chi connectivity index (χ1) is 19.8. The summed E-state index contributed by atoms with van der Waals surface area (Å²) in [6, 6.07) is 13.6. The highest BCUT2D eigenvalue weighted by Crippen LogP contribution is 2.36. The quantitative estimate of drug-likeness (QED) is 0.177. The van der Waals surface area contributed by atoms with Gasteiger partial charge in [-0.1, -0.05) is 23.7 Å². The average molecular weight is 618 g/mol. The Kier molecular flexibility index (Phi) is 7.70. The number of sulfonamides is 1. The Labute approximate surface area is 242 Å². The molecule has 4 N–H and O–H groups in total. The molecule has 42 heavy (non-hydrogen) atoms. The number of hydrogen-bond donors (Lipinski definition) is 4. The van der Waals surface area contributed by atoms with E-state index in [-0.39, 0.29) is 17.1 Å². The molecular formula is C27H23ClF3N7O3S. The molecule has 0 saturated carbocycles. The normalized spacial score (nSPS) is 12.0. The molecule has 15 heteroatoms. The number of halogens is 4. The summed E-state index contributed by atoms with van der Waals surface area (Å²) in [5, 5.41) is 17.3. The minimum atomic E-state index is -4.65. The molecule has 0 saturated heterocycles. The van der Waals surface area contributed by atoms with Crippen LogP contribution in [-0.2, 0) is 27.5 Å². The van der Waals surface area contributed by atoms with Crippen LogP contribution in [0.15, 0.2) is 71.9 Å². The zero-order valence-corrected chi connectivity index (χ0v) is 23.6. The number of amides is 1. The predicted molar refractivity (Wildman–Crippen MR) is 153 cm³/mol. The lowest BCUT2D eigenvalue weighted by molar-refractivity contribution is -0.137. The summed E-state index contributed by atoms with van der Waals surface area (Å²) >= 11 is 5.63. The Balaban J connectivity index is 1.29. The van der Waals surface area contributed by atoms with Crippen LogP contribution in [0.2, 0.25) is 5.02 Å². The molecule has 1 amide bonds. The van der Waals surface area contributed by atoms with Gasteiger partial charge in [-0.25, -0.2) is 13.1 Å². The summed E-state index contributed by atoms with van der Waals surface area (Å²) in [5.41, 5.74) is 2.23. The summed E-state index contributed by atoms with van der Waals surface area (Å²) in [4.78, 5) is 12.6. The first-order valence-electron chi connectivity index (χ1n) is 12.3. The van der Waals surface area contributed by atoms with Gasteiger partial charge >= 0.3 is 6.18 Å². The van der Waals surface area contributed by atoms with Gasteiger partial charge in [0.15, 0.2) is 5.82 Å². The molecular weight excluding hydrogens is 595 g/mol. The van der Waals surface area contributed by atoms with E-state index in [1.54, 1.807) is 31.5 Å². The molecule has 0 fully saturated rings. The van der Waals surface area contributed by atoms with Crippen LogP contribution in [0.4, 0.5) is 30.4 Å². The van der Waals surface area contributed by atoms with Crippen molar-refractivity contribution in [1.82, 2.24) is 24.7 Å². The number of aromatic amines is 1. The number of carbonyl (C=O) groups is 1. The van der Waals surface area contributed by atoms with E-state index >= 15 is 0 Å². The molecule has 0 unspecified atom stereocenters. The topological polar surface area (TPSA) is 134 Å². The third kappa shape index (κ3) is 6.10. The van der Waals surface area contributed by atoms with Crippen molar-refractivity contribution in [1.29, 1.82) is 0 Å². The minimum absolute atomic E-state index is 0.0382. The third-order valence-electron chi connectivity index (χ3n) is 6.40. The highest BCUT2D eigenvalue weighted by molar-refractivity contribution is 7.89. The lowest BCUT2D eigenvalue weighted by Gasteiger charge is -2.11. The molecule has 0 aliphatic carbocycles. The first kappa shape index (κ1) is 29.1. The van der Waals surface area contributed by atoms with Gasteiger partial charge < -0.3 is 10.6 Å². The van der Waals surface area contributed by atoms with Crippen LogP contribution in [-0.4, -0.2) is 41.4 Å². The van der Waals surface area contributed by atoms with E-state index in [1.807, 2.05) is 18.2 Å². The molecule has 0 atom stereocenters. The average Bonchev–Trinajstić information content (AvgIpc) is 3.56. The third-order valence-corrected chi connectivity index (χ3v) is 8.29. The fraction of sp³-hybridized carbons (Fsp3) is 0.148. The predicted octanol–water partition coefficient (Wildman–Crippen LogP) is 5.70. The van der Waals surface area contributed by atoms with Crippen molar-refractivity contribution in [2.45, 2.75) is 24.5 Å². The molecule has 5 rings (SSSR count). The van der Waals surface area contributed by atoms with Crippen molar-refractivity contribution in [3.05, 3.63) is 83.1 Å². The van der Waals surface area contributed by atoms with Crippen LogP contribution < -0.4 is 15.4 Å². The molecule has 5 aromatic rings. The second-order valence-corrected chi connectivity index (χ2v) is 11.6. The number of H-pyrrole nitrogens is 1. The van der Waals surface area contributed by atoms with Gasteiger partial charge in [-0.2, -0.15) is 23.4 Å². The number of nitrogens with one attached hydrogen (secondary N) is 4. The number of nitrogens with zero attached hydrogens (tertiary/aromatic N) is 3. The van der Waals surface area contributed by atoms with Gasteiger partial charge in [-0.15, -0.1) is 0 Å². The maximum atomic E-state index is 13.1. The van der Waals surface area contributed by atoms with Gasteiger partial charge in [-0.05, 0) is 67.6 Å². The SMILES string of the molecule is CNS(=O)(=O)c1cc(Nc2n[nH]c3cc(-c4cnn(CC(=O)Nc5ccc(Cl)c(C(F)(F)F)c5)c4)ccc23)ccc1C. The van der Waals surface area contributed by atoms with Crippen LogP contribution in [0.1, 0.15) is 11.1 Å². The molecule has 0 aliphatic heterocycles. The van der Waals surface area contributed by atoms with E-state index in [0.717, 1.165) is 23.1 Å². The summed E-state index contributed by atoms with van der Waals surface area (Å²) in [5.74, 6) is -0.0712. The number of aryl methyl sites for hydroxylation is 1. The van der Waals surface area contributed by atoms with Crippen LogP contribution >= 0.6 is 11.6 Å². The largest absolute Gasteiger partial charge is 0.417 e. The second kappa shape index (κ2) is 11.1. The van der Waals surface area contributed by atoms with E-state index < -0.39 is 32.7 Å². The van der Waals surface area contributed by atoms with Gasteiger partial charge in [0.05, 0.1) is 27.2 Å². The van der Waals surface area contributed by atoms with E-state index in [2.05, 4.69) is 30.7 Å². The Morgan fingerprint density at radius 2 is 1.81 bits per heavy atom. The summed E-state index contributed by atoms with van der Waals surface area (Å²) in [6.07, 6.45) is -1.46. The van der Waals surface area contributed by atoms with E-state index in [1.165, 1.54) is 23.9 Å². The minimum Gasteiger partial charge on any atom is -0.338 e. The van der Waals surface area contributed by atoms with Crippen molar-refractivity contribution in [2.75, 3.05) is 17.7 Å². The smallest absolute Gasteiger partial charge is 0.338 e. The molecule has 0 radical (unpaired) electrons. The van der Waals surface area contributed by atoms with Gasteiger partial charge in [-0.3, -0.25) is 14.6 Å². The lowest BCUT2D eigenvalue weighted by Crippen LogP contribution is -2.19. The van der Waals surface area contributed by atoms with Crippen LogP contribution in [0.5, 0.6) is 0 Å². The van der Waals surface area contributed by atoms with E-state index in [0.29, 0.717) is 28.1 Å². The number of fused-ring (bicyclic) bond motifs is 1. The maximum Gasteiger partial charge on any atom is 0.417 e. The van der Waals surface area contributed by atoms with Crippen molar-refractivity contribution in [3.63, 3.8) is 0 Å². The number of hydrogen-bond acceptors (Lipinski definition) is 6. The fourth-order valence-electron chi connectivity index (χ4n) is 4.28. The van der Waals surface area contributed by atoms with E-state index in [4.69, 9.17) is 11.6 Å². The summed E-state index contributed by atoms with van der Waals surface area (Å²) < 4.78 is 67.7. The van der Waals surface area contributed by atoms with Gasteiger partial charge in [0.1, 0.15) is 6.54 Å². The van der Waals surface area contributed by atoms with Gasteiger partial charge in [0, 0.05) is 28.5 Å². The van der Waals surface area contributed by atoms with Gasteiger partial charge in [0.25, 0.3) is 0 Å². The summed E-state index contributed by atoms with van der Waals surface area (Å²) in [6.45, 7) is 1.48. The number of carbonyl (C=O) groups excluding carboxylic acids is 1. The summed E-state index contributed by atoms with van der Waals surface area (Å²) in [7, 11) is -2.29. The fourth-order valence-corrected chi connectivity index (χ4v) is 5.49. The highest BCUT2D eigenvalue weighted by atomic mass is 35.5. The Hall–Kier alpha value is -4.40. The number of rotatable bonds is 8. The number of aromatic nitrogens is 4. The molecule has 3 aromatic carbocycles. The molecule has 0 bridgehead atoms. The van der Waals surface area contributed by atoms with Crippen LogP contribution in [0.25, 0.3) is 22.0 Å². The highest BCUT2D eigenvalue weighted by Gasteiger charge is 2.33. The number of alkyl halides is 3. The first-order valence-corrected chi connectivity index (χ1v) is 14.2. The molecule has 2 aromatic heterocycles. The zero-order valence-electron chi connectivity index (χ0n) is 22.0. The molecule has 218 valence electrons. The van der Waals surface area contributed by atoms with Crippen molar-refractivity contribution in [3.8, 4) is 11.1 Å². The Bertz CT molecular complexity index is 1920. The number of anilines is 3. The molecule has 0 spiro atoms. The van der Waals surface area contributed by atoms with E-state index in [9.17, 15) is 26.4 Å². The van der Waals surface area contributed by atoms with Gasteiger partial charge in [0.2, 0.25) is 15.9 Å². The standard InChI is InChI=1S/C27H23ClF3N7O3S/c1-15-3-5-19(11-24(15)42(40,41)32-2)35-26-20-7-4-16(9-23(20)36-37-26)17-12-33-38(13-17)14-25(39)34-18-6-8-22(28)21(10-18)27(29,30)31/h3-13,32H,14H2,1-2H3,(H,34,39)(H2,35,36,37). The number of benzene rings is 3. The molecule has 10 nitrogen and oxygen atoms in total. The Morgan fingerprint density at radius 3 is 2.55 bits per heavy atom. The second-order valence-electron chi connectivity index (χ2n) is 9.31. The lowest BCUT2D eigenvalue weighted by atomic mass is 10.1. The molecule has 2 heterocycles. The van der Waals surface area contributed by atoms with Crippen molar-refractivity contribution in [2.24, 2.45) is 0 Å². The molecule has 0 aliphatic rings. The maximum absolute atomic E-state index is 13.1. The van der Waals surface area contributed by atoms with Crippen molar-refractivity contribution >= 4 is 55.6 Å². The van der Waals surface area contributed by atoms with Crippen LogP contribution in [0.3, 0.4) is 0 Å². The zero-order chi connectivity index (χ0) is 30.2. The monoisotopic (exact) mass is 617 g/mol. The van der Waals surface area contributed by atoms with Crippen molar-refractivity contribution < 1.29 is 26.4 Å².